The molecule has 2 aromatic rings. The van der Waals surface area contributed by atoms with Crippen LogP contribution < -0.4 is 0 Å². The lowest BCUT2D eigenvalue weighted by Crippen LogP contribution is -2.27. The first kappa shape index (κ1) is 14.9. The van der Waals surface area contributed by atoms with Gasteiger partial charge < -0.3 is 9.32 Å². The van der Waals surface area contributed by atoms with Gasteiger partial charge in [-0.25, -0.2) is 0 Å². The summed E-state index contributed by atoms with van der Waals surface area (Å²) in [6.07, 6.45) is 0. The zero-order chi connectivity index (χ0) is 15.6. The summed E-state index contributed by atoms with van der Waals surface area (Å²) in [7, 11) is 1.75. The number of carbonyl (C=O) groups excluding carboxylic acids is 1. The van der Waals surface area contributed by atoms with Crippen molar-refractivity contribution in [2.75, 3.05) is 7.05 Å². The minimum absolute atomic E-state index is 0.0655. The Labute approximate surface area is 124 Å². The van der Waals surface area contributed by atoms with Crippen LogP contribution in [0.25, 0.3) is 0 Å². The molecule has 0 atom stereocenters. The highest BCUT2D eigenvalue weighted by atomic mass is 16.3. The number of benzene rings is 1. The van der Waals surface area contributed by atoms with Crippen molar-refractivity contribution >= 4 is 5.91 Å². The maximum atomic E-state index is 12.6. The van der Waals surface area contributed by atoms with E-state index in [0.29, 0.717) is 23.4 Å². The third-order valence-corrected chi connectivity index (χ3v) is 3.60. The van der Waals surface area contributed by atoms with Crippen LogP contribution in [0.1, 0.15) is 38.6 Å². The Hall–Kier alpha value is -2.54. The lowest BCUT2D eigenvalue weighted by molar-refractivity contribution is 0.0782. The molecule has 108 valence electrons. The second-order valence-corrected chi connectivity index (χ2v) is 5.19. The molecule has 0 aliphatic rings. The van der Waals surface area contributed by atoms with Crippen molar-refractivity contribution in [3.63, 3.8) is 0 Å². The molecule has 1 aromatic carbocycles. The largest absolute Gasteiger partial charge is 0.466 e. The monoisotopic (exact) mass is 282 g/mol. The molecule has 0 fully saturated rings. The Morgan fingerprint density at radius 1 is 1.29 bits per heavy atom. The molecule has 0 saturated carbocycles. The van der Waals surface area contributed by atoms with E-state index in [1.807, 2.05) is 26.0 Å². The topological polar surface area (TPSA) is 57.2 Å². The summed E-state index contributed by atoms with van der Waals surface area (Å²) in [5, 5.41) is 8.92. The van der Waals surface area contributed by atoms with E-state index in [4.69, 9.17) is 9.68 Å². The quantitative estimate of drug-likeness (QED) is 0.867. The van der Waals surface area contributed by atoms with Crippen LogP contribution in [0.5, 0.6) is 0 Å². The van der Waals surface area contributed by atoms with E-state index < -0.39 is 0 Å². The second kappa shape index (κ2) is 5.84. The fraction of sp³-hybridized carbons (Fsp3) is 0.294. The number of nitriles is 1. The zero-order valence-electron chi connectivity index (χ0n) is 12.7. The van der Waals surface area contributed by atoms with Crippen LogP contribution in [0.15, 0.2) is 28.7 Å². The molecular weight excluding hydrogens is 264 g/mol. The van der Waals surface area contributed by atoms with E-state index in [2.05, 4.69) is 6.07 Å². The van der Waals surface area contributed by atoms with Gasteiger partial charge in [-0.1, -0.05) is 12.1 Å². The average molecular weight is 282 g/mol. The van der Waals surface area contributed by atoms with Crippen molar-refractivity contribution in [1.82, 2.24) is 4.90 Å². The number of nitrogens with zero attached hydrogens (tertiary/aromatic N) is 2. The predicted molar refractivity (Wildman–Crippen MR) is 79.9 cm³/mol. The van der Waals surface area contributed by atoms with Crippen LogP contribution in [0.4, 0.5) is 0 Å². The zero-order valence-corrected chi connectivity index (χ0v) is 12.7. The second-order valence-electron chi connectivity index (χ2n) is 5.19. The van der Waals surface area contributed by atoms with E-state index in [0.717, 1.165) is 16.9 Å². The standard InChI is InChI=1S/C17H18N2O2/c1-11-12(2)21-13(3)16(11)17(20)19(4)10-15-7-5-6-14(8-15)9-18/h5-8H,10H2,1-4H3. The molecule has 0 spiro atoms. The van der Waals surface area contributed by atoms with Crippen molar-refractivity contribution in [2.24, 2.45) is 0 Å². The molecule has 0 N–H and O–H groups in total. The van der Waals surface area contributed by atoms with Gasteiger partial charge in [0.15, 0.2) is 0 Å². The molecule has 1 aromatic heterocycles. The van der Waals surface area contributed by atoms with Crippen molar-refractivity contribution in [3.8, 4) is 6.07 Å². The highest BCUT2D eigenvalue weighted by molar-refractivity contribution is 5.96. The molecule has 0 aliphatic heterocycles. The molecule has 0 bridgehead atoms. The lowest BCUT2D eigenvalue weighted by atomic mass is 10.1. The number of carbonyl (C=O) groups is 1. The van der Waals surface area contributed by atoms with Gasteiger partial charge in [-0.2, -0.15) is 5.26 Å². The first-order valence-electron chi connectivity index (χ1n) is 6.75. The van der Waals surface area contributed by atoms with E-state index >= 15 is 0 Å². The summed E-state index contributed by atoms with van der Waals surface area (Å²) in [4.78, 5) is 14.2. The molecule has 1 heterocycles. The third kappa shape index (κ3) is 2.97. The number of aryl methyl sites for hydroxylation is 2. The number of rotatable bonds is 3. The molecule has 0 saturated heterocycles. The molecule has 4 nitrogen and oxygen atoms in total. The summed E-state index contributed by atoms with van der Waals surface area (Å²) in [6, 6.07) is 9.38. The van der Waals surface area contributed by atoms with Gasteiger partial charge in [0, 0.05) is 19.2 Å². The normalized spacial score (nSPS) is 10.2. The van der Waals surface area contributed by atoms with Gasteiger partial charge in [0.2, 0.25) is 0 Å². The van der Waals surface area contributed by atoms with Crippen LogP contribution >= 0.6 is 0 Å². The molecular formula is C17H18N2O2. The van der Waals surface area contributed by atoms with Gasteiger partial charge in [0.25, 0.3) is 5.91 Å². The first-order valence-corrected chi connectivity index (χ1v) is 6.75. The van der Waals surface area contributed by atoms with Crippen molar-refractivity contribution in [3.05, 3.63) is 58.0 Å². The van der Waals surface area contributed by atoms with Gasteiger partial charge >= 0.3 is 0 Å². The SMILES string of the molecule is Cc1oc(C)c(C(=O)N(C)Cc2cccc(C#N)c2)c1C. The van der Waals surface area contributed by atoms with Crippen LogP contribution in [-0.2, 0) is 6.54 Å². The van der Waals surface area contributed by atoms with Gasteiger partial charge in [0.1, 0.15) is 11.5 Å². The van der Waals surface area contributed by atoms with Crippen molar-refractivity contribution in [1.29, 1.82) is 5.26 Å². The maximum Gasteiger partial charge on any atom is 0.257 e. The maximum absolute atomic E-state index is 12.6. The Morgan fingerprint density at radius 2 is 2.00 bits per heavy atom. The minimum Gasteiger partial charge on any atom is -0.466 e. The fourth-order valence-corrected chi connectivity index (χ4v) is 2.38. The smallest absolute Gasteiger partial charge is 0.257 e. The van der Waals surface area contributed by atoms with E-state index in [1.165, 1.54) is 0 Å². The molecule has 0 radical (unpaired) electrons. The highest BCUT2D eigenvalue weighted by Crippen LogP contribution is 2.22. The van der Waals surface area contributed by atoms with Crippen LogP contribution in [0.2, 0.25) is 0 Å². The van der Waals surface area contributed by atoms with E-state index in [-0.39, 0.29) is 5.91 Å². The molecule has 2 rings (SSSR count). The van der Waals surface area contributed by atoms with Gasteiger partial charge in [-0.15, -0.1) is 0 Å². The van der Waals surface area contributed by atoms with Crippen LogP contribution in [0.3, 0.4) is 0 Å². The number of amides is 1. The van der Waals surface area contributed by atoms with Gasteiger partial charge in [-0.05, 0) is 38.5 Å². The van der Waals surface area contributed by atoms with E-state index in [1.54, 1.807) is 31.0 Å². The first-order chi connectivity index (χ1) is 9.93. The number of hydrogen-bond donors (Lipinski definition) is 0. The molecule has 0 unspecified atom stereocenters. The number of hydrogen-bond acceptors (Lipinski definition) is 3. The molecule has 1 amide bonds. The summed E-state index contributed by atoms with van der Waals surface area (Å²) in [6.45, 7) is 6.01. The summed E-state index contributed by atoms with van der Waals surface area (Å²) in [5.74, 6) is 1.35. The van der Waals surface area contributed by atoms with Crippen molar-refractivity contribution < 1.29 is 9.21 Å². The van der Waals surface area contributed by atoms with Gasteiger partial charge in [-0.3, -0.25) is 4.79 Å². The average Bonchev–Trinajstić information content (AvgIpc) is 2.71. The molecule has 21 heavy (non-hydrogen) atoms. The fourth-order valence-electron chi connectivity index (χ4n) is 2.38. The minimum atomic E-state index is -0.0655. The highest BCUT2D eigenvalue weighted by Gasteiger charge is 2.21. The van der Waals surface area contributed by atoms with Crippen LogP contribution in [-0.4, -0.2) is 17.9 Å². The Bertz CT molecular complexity index is 723. The Balaban J connectivity index is 2.22. The van der Waals surface area contributed by atoms with Gasteiger partial charge in [0.05, 0.1) is 17.2 Å². The van der Waals surface area contributed by atoms with Crippen LogP contribution in [0, 0.1) is 32.1 Å². The number of furan rings is 1. The summed E-state index contributed by atoms with van der Waals surface area (Å²) >= 11 is 0. The summed E-state index contributed by atoms with van der Waals surface area (Å²) < 4.78 is 5.51. The molecule has 4 heteroatoms. The Morgan fingerprint density at radius 3 is 2.57 bits per heavy atom. The van der Waals surface area contributed by atoms with Crippen molar-refractivity contribution in [2.45, 2.75) is 27.3 Å². The van der Waals surface area contributed by atoms with E-state index in [9.17, 15) is 4.79 Å². The predicted octanol–water partition coefficient (Wildman–Crippen LogP) is 3.35. The summed E-state index contributed by atoms with van der Waals surface area (Å²) in [5.41, 5.74) is 3.04. The molecule has 0 aliphatic carbocycles. The third-order valence-electron chi connectivity index (χ3n) is 3.60. The lowest BCUT2D eigenvalue weighted by Gasteiger charge is -2.17. The Kier molecular flexibility index (Phi) is 4.13.